The predicted octanol–water partition coefficient (Wildman–Crippen LogP) is 0.630. The molecule has 2 nitrogen and oxygen atoms in total. The van der Waals surface area contributed by atoms with Gasteiger partial charge in [-0.25, -0.2) is 0 Å². The molecule has 0 aromatic rings. The minimum absolute atomic E-state index is 0.137. The molecular formula is C8H16N2. The van der Waals surface area contributed by atoms with Crippen molar-refractivity contribution in [2.45, 2.75) is 19.3 Å². The van der Waals surface area contributed by atoms with Crippen LogP contribution in [0.3, 0.4) is 0 Å². The molecule has 1 aliphatic carbocycles. The molecule has 0 saturated heterocycles. The van der Waals surface area contributed by atoms with Gasteiger partial charge in [-0.1, -0.05) is 12.2 Å². The topological polar surface area (TPSA) is 52.0 Å². The maximum Gasteiger partial charge on any atom is 0.0127 e. The van der Waals surface area contributed by atoms with Crippen LogP contribution in [0.1, 0.15) is 19.3 Å². The molecule has 4 N–H and O–H groups in total. The maximum absolute atomic E-state index is 5.62. The lowest BCUT2D eigenvalue weighted by Gasteiger charge is -2.30. The molecule has 0 unspecified atom stereocenters. The fourth-order valence-corrected chi connectivity index (χ4v) is 1.41. The van der Waals surface area contributed by atoms with E-state index >= 15 is 0 Å². The first-order valence-corrected chi connectivity index (χ1v) is 3.91. The van der Waals surface area contributed by atoms with Crippen molar-refractivity contribution in [1.82, 2.24) is 0 Å². The van der Waals surface area contributed by atoms with Crippen molar-refractivity contribution in [1.29, 1.82) is 0 Å². The number of allylic oxidation sites excluding steroid dienone is 1. The molecule has 0 atom stereocenters. The summed E-state index contributed by atoms with van der Waals surface area (Å²) in [6.07, 6.45) is 7.99. The second-order valence-electron chi connectivity index (χ2n) is 3.07. The number of hydrogen-bond donors (Lipinski definition) is 2. The van der Waals surface area contributed by atoms with Crippen LogP contribution >= 0.6 is 0 Å². The van der Waals surface area contributed by atoms with Crippen molar-refractivity contribution in [3.05, 3.63) is 12.2 Å². The first-order chi connectivity index (χ1) is 4.83. The highest BCUT2D eigenvalue weighted by Crippen LogP contribution is 2.28. The van der Waals surface area contributed by atoms with Crippen LogP contribution in [0.4, 0.5) is 0 Å². The van der Waals surface area contributed by atoms with Crippen LogP contribution in [0, 0.1) is 5.41 Å². The van der Waals surface area contributed by atoms with Gasteiger partial charge in [0.1, 0.15) is 0 Å². The lowest BCUT2D eigenvalue weighted by Crippen LogP contribution is -2.37. The molecule has 0 aromatic heterocycles. The Balaban J connectivity index is 2.61. The van der Waals surface area contributed by atoms with Gasteiger partial charge in [-0.3, -0.25) is 0 Å². The van der Waals surface area contributed by atoms with E-state index in [1.165, 1.54) is 12.8 Å². The zero-order valence-corrected chi connectivity index (χ0v) is 6.34. The van der Waals surface area contributed by atoms with Crippen LogP contribution in [0.15, 0.2) is 12.2 Å². The first-order valence-electron chi connectivity index (χ1n) is 3.91. The van der Waals surface area contributed by atoms with E-state index < -0.39 is 0 Å². The average Bonchev–Trinajstić information content (AvgIpc) is 2.06. The van der Waals surface area contributed by atoms with Crippen LogP contribution in [-0.2, 0) is 0 Å². The van der Waals surface area contributed by atoms with Crippen LogP contribution in [0.5, 0.6) is 0 Å². The molecule has 58 valence electrons. The van der Waals surface area contributed by atoms with Crippen LogP contribution < -0.4 is 11.5 Å². The average molecular weight is 140 g/mol. The Bertz CT molecular complexity index is 125. The molecule has 0 aromatic carbocycles. The summed E-state index contributed by atoms with van der Waals surface area (Å²) in [4.78, 5) is 0. The Morgan fingerprint density at radius 2 is 2.00 bits per heavy atom. The molecule has 10 heavy (non-hydrogen) atoms. The molecule has 0 radical (unpaired) electrons. The Labute approximate surface area is 62.3 Å². The third-order valence-electron chi connectivity index (χ3n) is 2.33. The molecule has 0 bridgehead atoms. The second kappa shape index (κ2) is 3.17. The van der Waals surface area contributed by atoms with E-state index in [2.05, 4.69) is 12.2 Å². The summed E-state index contributed by atoms with van der Waals surface area (Å²) < 4.78 is 0. The molecule has 0 aliphatic heterocycles. The molecule has 0 amide bonds. The first kappa shape index (κ1) is 7.76. The van der Waals surface area contributed by atoms with Gasteiger partial charge in [-0.15, -0.1) is 0 Å². The zero-order valence-electron chi connectivity index (χ0n) is 6.34. The Morgan fingerprint density at radius 3 is 2.30 bits per heavy atom. The monoisotopic (exact) mass is 140 g/mol. The SMILES string of the molecule is NCC1(CN)C=CCCC1. The van der Waals surface area contributed by atoms with Crippen molar-refractivity contribution in [3.63, 3.8) is 0 Å². The second-order valence-corrected chi connectivity index (χ2v) is 3.07. The van der Waals surface area contributed by atoms with Gasteiger partial charge in [0.25, 0.3) is 0 Å². The summed E-state index contributed by atoms with van der Waals surface area (Å²) in [5.41, 5.74) is 11.4. The minimum Gasteiger partial charge on any atom is -0.330 e. The number of hydrogen-bond acceptors (Lipinski definition) is 2. The highest BCUT2D eigenvalue weighted by atomic mass is 14.7. The van der Waals surface area contributed by atoms with Gasteiger partial charge in [0.05, 0.1) is 0 Å². The highest BCUT2D eigenvalue weighted by molar-refractivity contribution is 5.04. The van der Waals surface area contributed by atoms with E-state index in [0.29, 0.717) is 13.1 Å². The van der Waals surface area contributed by atoms with E-state index in [9.17, 15) is 0 Å². The number of nitrogens with two attached hydrogens (primary N) is 2. The summed E-state index contributed by atoms with van der Waals surface area (Å²) in [5.74, 6) is 0. The maximum atomic E-state index is 5.62. The molecule has 0 saturated carbocycles. The summed E-state index contributed by atoms with van der Waals surface area (Å²) in [5, 5.41) is 0. The van der Waals surface area contributed by atoms with Gasteiger partial charge in [0.2, 0.25) is 0 Å². The third-order valence-corrected chi connectivity index (χ3v) is 2.33. The van der Waals surface area contributed by atoms with Gasteiger partial charge in [-0.2, -0.15) is 0 Å². The van der Waals surface area contributed by atoms with Gasteiger partial charge >= 0.3 is 0 Å². The minimum atomic E-state index is 0.137. The molecule has 2 heteroatoms. The summed E-state index contributed by atoms with van der Waals surface area (Å²) in [6, 6.07) is 0. The molecule has 1 rings (SSSR count). The molecule has 0 spiro atoms. The van der Waals surface area contributed by atoms with Gasteiger partial charge < -0.3 is 11.5 Å². The molecule has 1 aliphatic rings. The van der Waals surface area contributed by atoms with Crippen molar-refractivity contribution < 1.29 is 0 Å². The molecule has 0 fully saturated rings. The van der Waals surface area contributed by atoms with Crippen LogP contribution in [0.2, 0.25) is 0 Å². The van der Waals surface area contributed by atoms with Crippen molar-refractivity contribution >= 4 is 0 Å². The lowest BCUT2D eigenvalue weighted by molar-refractivity contribution is 0.349. The van der Waals surface area contributed by atoms with Gasteiger partial charge in [0.15, 0.2) is 0 Å². The van der Waals surface area contributed by atoms with E-state index in [1.807, 2.05) is 0 Å². The van der Waals surface area contributed by atoms with Crippen molar-refractivity contribution in [2.75, 3.05) is 13.1 Å². The number of rotatable bonds is 2. The smallest absolute Gasteiger partial charge is 0.0127 e. The van der Waals surface area contributed by atoms with Crippen molar-refractivity contribution in [3.8, 4) is 0 Å². The Hall–Kier alpha value is -0.340. The molecule has 0 heterocycles. The van der Waals surface area contributed by atoms with Crippen LogP contribution in [0.25, 0.3) is 0 Å². The lowest BCUT2D eigenvalue weighted by atomic mass is 9.79. The van der Waals surface area contributed by atoms with Crippen molar-refractivity contribution in [2.24, 2.45) is 16.9 Å². The zero-order chi connectivity index (χ0) is 7.45. The van der Waals surface area contributed by atoms with E-state index in [0.717, 1.165) is 6.42 Å². The third kappa shape index (κ3) is 1.39. The fourth-order valence-electron chi connectivity index (χ4n) is 1.41. The van der Waals surface area contributed by atoms with E-state index in [1.54, 1.807) is 0 Å². The van der Waals surface area contributed by atoms with Gasteiger partial charge in [-0.05, 0) is 19.3 Å². The Kier molecular flexibility index (Phi) is 2.46. The Morgan fingerprint density at radius 1 is 1.30 bits per heavy atom. The summed E-state index contributed by atoms with van der Waals surface area (Å²) in [7, 11) is 0. The summed E-state index contributed by atoms with van der Waals surface area (Å²) in [6.45, 7) is 1.39. The normalized spacial score (nSPS) is 23.0. The molecular weight excluding hydrogens is 124 g/mol. The quantitative estimate of drug-likeness (QED) is 0.553. The predicted molar refractivity (Wildman–Crippen MR) is 43.5 cm³/mol. The van der Waals surface area contributed by atoms with Crippen LogP contribution in [-0.4, -0.2) is 13.1 Å². The highest BCUT2D eigenvalue weighted by Gasteiger charge is 2.24. The largest absolute Gasteiger partial charge is 0.330 e. The fraction of sp³-hybridized carbons (Fsp3) is 0.750. The van der Waals surface area contributed by atoms with E-state index in [-0.39, 0.29) is 5.41 Å². The summed E-state index contributed by atoms with van der Waals surface area (Å²) >= 11 is 0. The standard InChI is InChI=1S/C8H16N2/c9-6-8(7-10)4-2-1-3-5-8/h2,4H,1,3,5-7,9-10H2. The van der Waals surface area contributed by atoms with Gasteiger partial charge in [0, 0.05) is 18.5 Å². The van der Waals surface area contributed by atoms with E-state index in [4.69, 9.17) is 11.5 Å².